The summed E-state index contributed by atoms with van der Waals surface area (Å²) in [6.45, 7) is 1.05. The van der Waals surface area contributed by atoms with Crippen molar-refractivity contribution >= 4 is 5.91 Å². The third-order valence-corrected chi connectivity index (χ3v) is 4.28. The van der Waals surface area contributed by atoms with Crippen LogP contribution in [-0.2, 0) is 0 Å². The van der Waals surface area contributed by atoms with Crippen molar-refractivity contribution in [3.8, 4) is 11.8 Å². The van der Waals surface area contributed by atoms with Crippen LogP contribution in [-0.4, -0.2) is 24.0 Å². The van der Waals surface area contributed by atoms with Crippen LogP contribution >= 0.6 is 0 Å². The first-order valence-electron chi connectivity index (χ1n) is 7.17. The first-order chi connectivity index (χ1) is 9.75. The highest BCUT2D eigenvalue weighted by Crippen LogP contribution is 2.60. The topological polar surface area (TPSA) is 68.0 Å². The molecule has 3 rings (SSSR count). The van der Waals surface area contributed by atoms with E-state index >= 15 is 0 Å². The molecule has 3 N–H and O–H groups in total. The number of hydrogen-bond donors (Lipinski definition) is 2. The predicted octanol–water partition coefficient (Wildman–Crippen LogP) is 1.31. The third-order valence-electron chi connectivity index (χ3n) is 4.28. The number of pyridine rings is 1. The number of nitrogens with one attached hydrogen (secondary N) is 1. The van der Waals surface area contributed by atoms with Crippen LogP contribution in [0, 0.1) is 23.2 Å². The minimum atomic E-state index is -0.126. The summed E-state index contributed by atoms with van der Waals surface area (Å²) in [7, 11) is 0. The van der Waals surface area contributed by atoms with E-state index in [4.69, 9.17) is 5.73 Å². The van der Waals surface area contributed by atoms with E-state index in [-0.39, 0.29) is 12.5 Å². The maximum Gasteiger partial charge on any atom is 0.271 e. The lowest BCUT2D eigenvalue weighted by molar-refractivity contribution is 0.0937. The number of nitrogens with zero attached hydrogens (tertiary/aromatic N) is 1. The molecule has 1 aromatic heterocycles. The second-order valence-electron chi connectivity index (χ2n) is 5.72. The standard InChI is InChI=1S/C16H19N3O/c17-9-1-3-12-4-2-10-18-14(12)15(20)19-11-16(7-8-16)13-5-6-13/h2,4,10,13H,5-9,11,17H2,(H,19,20). The number of carbonyl (C=O) groups excluding carboxylic acids is 1. The van der Waals surface area contributed by atoms with E-state index < -0.39 is 0 Å². The summed E-state index contributed by atoms with van der Waals surface area (Å²) in [6.07, 6.45) is 6.77. The van der Waals surface area contributed by atoms with E-state index in [0.717, 1.165) is 12.5 Å². The molecule has 2 aliphatic rings. The Balaban J connectivity index is 1.67. The van der Waals surface area contributed by atoms with Gasteiger partial charge >= 0.3 is 0 Å². The smallest absolute Gasteiger partial charge is 0.271 e. The normalized spacial score (nSPS) is 18.9. The van der Waals surface area contributed by atoms with E-state index in [2.05, 4.69) is 22.1 Å². The summed E-state index contributed by atoms with van der Waals surface area (Å²) in [5.41, 5.74) is 6.82. The average Bonchev–Trinajstić information content (AvgIpc) is 3.35. The Morgan fingerprint density at radius 1 is 1.50 bits per heavy atom. The van der Waals surface area contributed by atoms with Gasteiger partial charge in [-0.2, -0.15) is 0 Å². The van der Waals surface area contributed by atoms with Crippen LogP contribution in [0.5, 0.6) is 0 Å². The molecule has 1 amide bonds. The molecular weight excluding hydrogens is 250 g/mol. The molecule has 1 aromatic rings. The zero-order valence-electron chi connectivity index (χ0n) is 11.5. The van der Waals surface area contributed by atoms with E-state index in [9.17, 15) is 4.79 Å². The van der Waals surface area contributed by atoms with Crippen molar-refractivity contribution < 1.29 is 4.79 Å². The minimum Gasteiger partial charge on any atom is -0.350 e. The molecule has 2 saturated carbocycles. The molecule has 104 valence electrons. The predicted molar refractivity (Wildman–Crippen MR) is 76.9 cm³/mol. The fourth-order valence-electron chi connectivity index (χ4n) is 2.76. The molecule has 0 saturated heterocycles. The third kappa shape index (κ3) is 2.68. The first-order valence-corrected chi connectivity index (χ1v) is 7.17. The molecule has 1 heterocycles. The summed E-state index contributed by atoms with van der Waals surface area (Å²) in [5, 5.41) is 3.04. The lowest BCUT2D eigenvalue weighted by Crippen LogP contribution is -2.32. The van der Waals surface area contributed by atoms with Gasteiger partial charge < -0.3 is 11.1 Å². The fraction of sp³-hybridized carbons (Fsp3) is 0.500. The Hall–Kier alpha value is -1.86. The van der Waals surface area contributed by atoms with Gasteiger partial charge in [0.2, 0.25) is 0 Å². The number of nitrogens with two attached hydrogens (primary N) is 1. The Bertz CT molecular complexity index is 577. The van der Waals surface area contributed by atoms with Crippen molar-refractivity contribution in [2.45, 2.75) is 25.7 Å². The van der Waals surface area contributed by atoms with Gasteiger partial charge in [0, 0.05) is 12.7 Å². The van der Waals surface area contributed by atoms with Gasteiger partial charge in [-0.15, -0.1) is 0 Å². The maximum atomic E-state index is 12.3. The molecule has 0 radical (unpaired) electrons. The van der Waals surface area contributed by atoms with Crippen LogP contribution in [0.3, 0.4) is 0 Å². The quantitative estimate of drug-likeness (QED) is 0.810. The van der Waals surface area contributed by atoms with Gasteiger partial charge in [0.25, 0.3) is 5.91 Å². The van der Waals surface area contributed by atoms with Crippen LogP contribution in [0.1, 0.15) is 41.7 Å². The van der Waals surface area contributed by atoms with E-state index in [1.54, 1.807) is 18.3 Å². The van der Waals surface area contributed by atoms with Gasteiger partial charge in [-0.05, 0) is 49.1 Å². The molecule has 0 aliphatic heterocycles. The summed E-state index contributed by atoms with van der Waals surface area (Å²) in [5.74, 6) is 6.38. The maximum absolute atomic E-state index is 12.3. The molecule has 2 fully saturated rings. The van der Waals surface area contributed by atoms with Gasteiger partial charge in [0.1, 0.15) is 5.69 Å². The van der Waals surface area contributed by atoms with Crippen molar-refractivity contribution in [2.24, 2.45) is 17.1 Å². The molecule has 0 spiro atoms. The SMILES string of the molecule is NCC#Cc1cccnc1C(=O)NCC1(C2CC2)CC1. The fourth-order valence-corrected chi connectivity index (χ4v) is 2.76. The largest absolute Gasteiger partial charge is 0.350 e. The van der Waals surface area contributed by atoms with Crippen LogP contribution in [0.25, 0.3) is 0 Å². The lowest BCUT2D eigenvalue weighted by Gasteiger charge is -2.15. The zero-order chi connectivity index (χ0) is 14.0. The monoisotopic (exact) mass is 269 g/mol. The minimum absolute atomic E-state index is 0.126. The zero-order valence-corrected chi connectivity index (χ0v) is 11.5. The van der Waals surface area contributed by atoms with Crippen LogP contribution < -0.4 is 11.1 Å². The number of carbonyl (C=O) groups is 1. The molecule has 4 nitrogen and oxygen atoms in total. The summed E-state index contributed by atoms with van der Waals surface area (Å²) in [6, 6.07) is 3.59. The Morgan fingerprint density at radius 3 is 2.95 bits per heavy atom. The lowest BCUT2D eigenvalue weighted by atomic mass is 10.0. The highest BCUT2D eigenvalue weighted by Gasteiger charge is 2.53. The van der Waals surface area contributed by atoms with Crippen molar-refractivity contribution in [3.05, 3.63) is 29.6 Å². The van der Waals surface area contributed by atoms with Crippen LogP contribution in [0.4, 0.5) is 0 Å². The molecule has 0 atom stereocenters. The first kappa shape index (κ1) is 13.1. The average molecular weight is 269 g/mol. The summed E-state index contributed by atoms with van der Waals surface area (Å²) in [4.78, 5) is 16.4. The highest BCUT2D eigenvalue weighted by molar-refractivity contribution is 5.94. The second-order valence-corrected chi connectivity index (χ2v) is 5.72. The molecule has 0 aromatic carbocycles. The van der Waals surface area contributed by atoms with Gasteiger partial charge in [-0.3, -0.25) is 4.79 Å². The van der Waals surface area contributed by atoms with Gasteiger partial charge in [-0.25, -0.2) is 4.98 Å². The number of aromatic nitrogens is 1. The van der Waals surface area contributed by atoms with Gasteiger partial charge in [0.15, 0.2) is 0 Å². The van der Waals surface area contributed by atoms with Crippen molar-refractivity contribution in [1.82, 2.24) is 10.3 Å². The Labute approximate surface area is 119 Å². The number of hydrogen-bond acceptors (Lipinski definition) is 3. The summed E-state index contributed by atoms with van der Waals surface area (Å²) < 4.78 is 0. The number of amides is 1. The molecule has 20 heavy (non-hydrogen) atoms. The summed E-state index contributed by atoms with van der Waals surface area (Å²) >= 11 is 0. The molecular formula is C16H19N3O. The second kappa shape index (κ2) is 5.26. The molecule has 2 aliphatic carbocycles. The van der Waals surface area contributed by atoms with Crippen LogP contribution in [0.2, 0.25) is 0 Å². The molecule has 0 bridgehead atoms. The Kier molecular flexibility index (Phi) is 3.45. The molecule has 4 heteroatoms. The molecule has 0 unspecified atom stereocenters. The Morgan fingerprint density at radius 2 is 2.30 bits per heavy atom. The van der Waals surface area contributed by atoms with E-state index in [0.29, 0.717) is 16.7 Å². The van der Waals surface area contributed by atoms with Crippen molar-refractivity contribution in [2.75, 3.05) is 13.1 Å². The highest BCUT2D eigenvalue weighted by atomic mass is 16.1. The van der Waals surface area contributed by atoms with E-state index in [1.165, 1.54) is 25.7 Å². The van der Waals surface area contributed by atoms with E-state index in [1.807, 2.05) is 0 Å². The van der Waals surface area contributed by atoms with Gasteiger partial charge in [-0.1, -0.05) is 11.8 Å². The van der Waals surface area contributed by atoms with Crippen molar-refractivity contribution in [3.63, 3.8) is 0 Å². The van der Waals surface area contributed by atoms with Gasteiger partial charge in [0.05, 0.1) is 12.1 Å². The van der Waals surface area contributed by atoms with Crippen LogP contribution in [0.15, 0.2) is 18.3 Å². The number of rotatable bonds is 4. The van der Waals surface area contributed by atoms with Crippen molar-refractivity contribution in [1.29, 1.82) is 0 Å².